The zero-order valence-corrected chi connectivity index (χ0v) is 11.3. The third kappa shape index (κ3) is 2.14. The van der Waals surface area contributed by atoms with Crippen LogP contribution in [0.1, 0.15) is 6.92 Å². The molecule has 1 N–H and O–H groups in total. The Morgan fingerprint density at radius 1 is 1.40 bits per heavy atom. The molecule has 3 rings (SSSR count). The fraction of sp³-hybridized carbons (Fsp3) is 0.167. The molecule has 1 aromatic carbocycles. The van der Waals surface area contributed by atoms with E-state index >= 15 is 0 Å². The average Bonchev–Trinajstić information content (AvgIpc) is 3.04. The normalized spacial score (nSPS) is 10.9. The molecule has 0 atom stereocenters. The minimum Gasteiger partial charge on any atom is -0.492 e. The lowest BCUT2D eigenvalue weighted by atomic mass is 10.2. The van der Waals surface area contributed by atoms with E-state index in [2.05, 4.69) is 20.5 Å². The largest absolute Gasteiger partial charge is 0.492 e. The second-order valence-corrected chi connectivity index (χ2v) is 5.00. The van der Waals surface area contributed by atoms with Crippen LogP contribution in [-0.2, 0) is 6.54 Å². The molecule has 3 aromatic rings. The summed E-state index contributed by atoms with van der Waals surface area (Å²) in [5.41, 5.74) is 0.604. The lowest BCUT2D eigenvalue weighted by Crippen LogP contribution is -1.98. The van der Waals surface area contributed by atoms with Gasteiger partial charge < -0.3 is 5.11 Å². The van der Waals surface area contributed by atoms with Gasteiger partial charge in [-0.1, -0.05) is 12.1 Å². The maximum atomic E-state index is 13.2. The van der Waals surface area contributed by atoms with Crippen LogP contribution in [0.4, 0.5) is 4.39 Å². The summed E-state index contributed by atoms with van der Waals surface area (Å²) in [6, 6.07) is 6.05. The molecule has 0 radical (unpaired) electrons. The van der Waals surface area contributed by atoms with Crippen molar-refractivity contribution < 1.29 is 9.50 Å². The summed E-state index contributed by atoms with van der Waals surface area (Å²) in [5, 5.41) is 21.7. The fourth-order valence-corrected chi connectivity index (χ4v) is 2.73. The Morgan fingerprint density at radius 2 is 2.25 bits per heavy atom. The lowest BCUT2D eigenvalue weighted by molar-refractivity contribution is 0.458. The molecule has 20 heavy (non-hydrogen) atoms. The molecule has 0 amide bonds. The lowest BCUT2D eigenvalue weighted by Gasteiger charge is -1.97. The molecule has 0 aliphatic carbocycles. The second kappa shape index (κ2) is 4.97. The van der Waals surface area contributed by atoms with Crippen molar-refractivity contribution in [3.8, 4) is 27.2 Å². The van der Waals surface area contributed by atoms with E-state index in [1.807, 2.05) is 6.92 Å². The molecule has 0 bridgehead atoms. The Hall–Kier alpha value is -2.35. The molecule has 0 saturated heterocycles. The van der Waals surface area contributed by atoms with Crippen LogP contribution in [-0.4, -0.2) is 30.3 Å². The number of rotatable bonds is 3. The van der Waals surface area contributed by atoms with Gasteiger partial charge in [0, 0.05) is 12.1 Å². The molecule has 0 saturated carbocycles. The Balaban J connectivity index is 2.08. The van der Waals surface area contributed by atoms with E-state index in [9.17, 15) is 9.50 Å². The predicted molar refractivity (Wildman–Crippen MR) is 71.7 cm³/mol. The summed E-state index contributed by atoms with van der Waals surface area (Å²) in [5.74, 6) is -0.0546. The Kier molecular flexibility index (Phi) is 3.15. The molecule has 102 valence electrons. The number of aromatic nitrogens is 5. The monoisotopic (exact) mass is 291 g/mol. The van der Waals surface area contributed by atoms with E-state index in [1.165, 1.54) is 23.5 Å². The first-order valence-corrected chi connectivity index (χ1v) is 6.73. The molecule has 2 aromatic heterocycles. The summed E-state index contributed by atoms with van der Waals surface area (Å²) in [6.45, 7) is 2.47. The highest BCUT2D eigenvalue weighted by molar-refractivity contribution is 7.18. The van der Waals surface area contributed by atoms with E-state index in [-0.39, 0.29) is 11.7 Å². The van der Waals surface area contributed by atoms with Crippen molar-refractivity contribution in [1.82, 2.24) is 25.2 Å². The van der Waals surface area contributed by atoms with Crippen molar-refractivity contribution in [2.24, 2.45) is 0 Å². The molecule has 0 aliphatic rings. The summed E-state index contributed by atoms with van der Waals surface area (Å²) in [6.07, 6.45) is 0. The second-order valence-electron chi connectivity index (χ2n) is 4.00. The van der Waals surface area contributed by atoms with E-state index in [4.69, 9.17) is 0 Å². The van der Waals surface area contributed by atoms with Crippen molar-refractivity contribution in [2.45, 2.75) is 13.5 Å². The summed E-state index contributed by atoms with van der Waals surface area (Å²) in [4.78, 5) is 4.52. The van der Waals surface area contributed by atoms with Crippen LogP contribution in [0.25, 0.3) is 21.3 Å². The van der Waals surface area contributed by atoms with Gasteiger partial charge in [-0.05, 0) is 29.5 Å². The van der Waals surface area contributed by atoms with Crippen LogP contribution in [0.3, 0.4) is 0 Å². The summed E-state index contributed by atoms with van der Waals surface area (Å²) >= 11 is 1.22. The standard InChI is InChI=1S/C12H10FN5OS/c1-2-18-10(15-16-17-18)9-11(19)14-12(20-9)7-4-3-5-8(13)6-7/h3-6,19H,2H2,1H3. The highest BCUT2D eigenvalue weighted by atomic mass is 32.1. The molecule has 2 heterocycles. The predicted octanol–water partition coefficient (Wildman–Crippen LogP) is 2.33. The van der Waals surface area contributed by atoms with Gasteiger partial charge in [0.25, 0.3) is 0 Å². The van der Waals surface area contributed by atoms with E-state index in [0.717, 1.165) is 0 Å². The molecule has 6 nitrogen and oxygen atoms in total. The van der Waals surface area contributed by atoms with Gasteiger partial charge in [0.15, 0.2) is 5.82 Å². The van der Waals surface area contributed by atoms with E-state index in [1.54, 1.807) is 16.8 Å². The van der Waals surface area contributed by atoms with E-state index < -0.39 is 0 Å². The third-order valence-corrected chi connectivity index (χ3v) is 3.80. The number of benzene rings is 1. The van der Waals surface area contributed by atoms with Crippen molar-refractivity contribution >= 4 is 11.3 Å². The highest BCUT2D eigenvalue weighted by Crippen LogP contribution is 2.38. The van der Waals surface area contributed by atoms with Gasteiger partial charge in [-0.15, -0.1) is 16.4 Å². The van der Waals surface area contributed by atoms with Crippen molar-refractivity contribution in [3.63, 3.8) is 0 Å². The third-order valence-electron chi connectivity index (χ3n) is 2.72. The molecular formula is C12H10FN5OS. The average molecular weight is 291 g/mol. The Morgan fingerprint density at radius 3 is 3.00 bits per heavy atom. The van der Waals surface area contributed by atoms with Gasteiger partial charge in [-0.25, -0.2) is 14.1 Å². The fourth-order valence-electron chi connectivity index (χ4n) is 1.78. The molecule has 0 spiro atoms. The van der Waals surface area contributed by atoms with Crippen LogP contribution >= 0.6 is 11.3 Å². The van der Waals surface area contributed by atoms with Gasteiger partial charge in [0.05, 0.1) is 0 Å². The van der Waals surface area contributed by atoms with Crippen LogP contribution in [0.5, 0.6) is 5.88 Å². The zero-order valence-electron chi connectivity index (χ0n) is 10.5. The summed E-state index contributed by atoms with van der Waals surface area (Å²) < 4.78 is 14.8. The highest BCUT2D eigenvalue weighted by Gasteiger charge is 2.19. The Labute approximate surface area is 117 Å². The quantitative estimate of drug-likeness (QED) is 0.801. The molecule has 0 fully saturated rings. The van der Waals surface area contributed by atoms with Crippen LogP contribution in [0, 0.1) is 5.82 Å². The smallest absolute Gasteiger partial charge is 0.234 e. The van der Waals surface area contributed by atoms with Crippen molar-refractivity contribution in [2.75, 3.05) is 0 Å². The number of aromatic hydroxyl groups is 1. The van der Waals surface area contributed by atoms with Gasteiger partial charge in [0.1, 0.15) is 15.7 Å². The Bertz CT molecular complexity index is 754. The maximum Gasteiger partial charge on any atom is 0.234 e. The van der Waals surface area contributed by atoms with Gasteiger partial charge >= 0.3 is 0 Å². The number of hydrogen-bond donors (Lipinski definition) is 1. The maximum absolute atomic E-state index is 13.2. The molecule has 8 heteroatoms. The first kappa shape index (κ1) is 12.7. The number of tetrazole rings is 1. The van der Waals surface area contributed by atoms with Crippen molar-refractivity contribution in [1.29, 1.82) is 0 Å². The minimum atomic E-state index is -0.350. The van der Waals surface area contributed by atoms with Crippen LogP contribution in [0.15, 0.2) is 24.3 Å². The topological polar surface area (TPSA) is 76.7 Å². The van der Waals surface area contributed by atoms with Crippen LogP contribution < -0.4 is 0 Å². The first-order valence-electron chi connectivity index (χ1n) is 5.91. The molecule has 0 unspecified atom stereocenters. The van der Waals surface area contributed by atoms with Gasteiger partial charge in [0.2, 0.25) is 5.88 Å². The van der Waals surface area contributed by atoms with Gasteiger partial charge in [-0.2, -0.15) is 0 Å². The SMILES string of the molecule is CCn1nnnc1-c1sc(-c2cccc(F)c2)nc1O. The first-order chi connectivity index (χ1) is 9.69. The number of thiazole rings is 1. The number of halogens is 1. The molecule has 0 aliphatic heterocycles. The summed E-state index contributed by atoms with van der Waals surface area (Å²) in [7, 11) is 0. The number of nitrogens with zero attached hydrogens (tertiary/aromatic N) is 5. The van der Waals surface area contributed by atoms with E-state index in [0.29, 0.717) is 27.8 Å². The number of aryl methyl sites for hydroxylation is 1. The van der Waals surface area contributed by atoms with Crippen LogP contribution in [0.2, 0.25) is 0 Å². The van der Waals surface area contributed by atoms with Gasteiger partial charge in [-0.3, -0.25) is 0 Å². The molecular weight excluding hydrogens is 281 g/mol. The minimum absolute atomic E-state index is 0.154. The van der Waals surface area contributed by atoms with Crippen molar-refractivity contribution in [3.05, 3.63) is 30.1 Å². The number of hydrogen-bond acceptors (Lipinski definition) is 6. The zero-order chi connectivity index (χ0) is 14.1.